The number of nitrogens with zero attached hydrogens (tertiary/aromatic N) is 2. The van der Waals surface area contributed by atoms with E-state index in [1.807, 2.05) is 0 Å². The van der Waals surface area contributed by atoms with Crippen LogP contribution in [0.25, 0.3) is 10.2 Å². The Kier molecular flexibility index (Phi) is 2.73. The average molecular weight is 257 g/mol. The molecule has 4 heteroatoms. The Bertz CT molecular complexity index is 638. The highest BCUT2D eigenvalue weighted by molar-refractivity contribution is 7.22. The monoisotopic (exact) mass is 257 g/mol. The number of terminal acetylenes is 1. The number of hydrogen-bond donors (Lipinski definition) is 1. The zero-order chi connectivity index (χ0) is 12.7. The Labute approximate surface area is 111 Å². The highest BCUT2D eigenvalue weighted by Crippen LogP contribution is 2.38. The molecule has 2 N–H and O–H groups in total. The van der Waals surface area contributed by atoms with Gasteiger partial charge < -0.3 is 5.73 Å². The van der Waals surface area contributed by atoms with Crippen molar-refractivity contribution >= 4 is 26.7 Å². The van der Waals surface area contributed by atoms with Crippen molar-refractivity contribution in [3.8, 4) is 12.3 Å². The fraction of sp³-hybridized carbons (Fsp3) is 0.357. The van der Waals surface area contributed by atoms with Gasteiger partial charge in [0, 0.05) is 6.04 Å². The Hall–Kier alpha value is -1.57. The van der Waals surface area contributed by atoms with Crippen LogP contribution in [-0.4, -0.2) is 23.5 Å². The number of hydrogen-bond acceptors (Lipinski definition) is 4. The molecule has 0 bridgehead atoms. The molecule has 92 valence electrons. The fourth-order valence-electron chi connectivity index (χ4n) is 2.74. The van der Waals surface area contributed by atoms with Crippen molar-refractivity contribution in [2.45, 2.75) is 18.9 Å². The first-order valence-electron chi connectivity index (χ1n) is 6.01. The summed E-state index contributed by atoms with van der Waals surface area (Å²) in [6.07, 6.45) is 7.64. The van der Waals surface area contributed by atoms with Gasteiger partial charge in [0.05, 0.1) is 16.8 Å². The average Bonchev–Trinajstić information content (AvgIpc) is 2.87. The topological polar surface area (TPSA) is 42.1 Å². The van der Waals surface area contributed by atoms with E-state index in [2.05, 4.69) is 35.0 Å². The van der Waals surface area contributed by atoms with Gasteiger partial charge in [0.25, 0.3) is 0 Å². The molecule has 0 aliphatic heterocycles. The predicted octanol–water partition coefficient (Wildman–Crippen LogP) is 2.43. The Balaban J connectivity index is 2.05. The van der Waals surface area contributed by atoms with E-state index >= 15 is 0 Å². The molecule has 0 spiro atoms. The van der Waals surface area contributed by atoms with Crippen LogP contribution in [0.4, 0.5) is 5.13 Å². The van der Waals surface area contributed by atoms with E-state index in [-0.39, 0.29) is 0 Å². The maximum Gasteiger partial charge on any atom is 0.181 e. The molecule has 1 atom stereocenters. The van der Waals surface area contributed by atoms with E-state index in [4.69, 9.17) is 12.2 Å². The summed E-state index contributed by atoms with van der Waals surface area (Å²) in [6, 6.07) is 4.84. The van der Waals surface area contributed by atoms with Crippen LogP contribution in [0.2, 0.25) is 0 Å². The maximum atomic E-state index is 5.76. The molecule has 1 aliphatic carbocycles. The summed E-state index contributed by atoms with van der Waals surface area (Å²) in [5.41, 5.74) is 9.56. The number of fused-ring (bicyclic) bond motifs is 2. The minimum atomic E-state index is 0.420. The molecule has 1 aromatic heterocycles. The third kappa shape index (κ3) is 1.76. The largest absolute Gasteiger partial charge is 0.375 e. The molecule has 1 aliphatic rings. The lowest BCUT2D eigenvalue weighted by Gasteiger charge is -2.22. The van der Waals surface area contributed by atoms with Gasteiger partial charge in [-0.2, -0.15) is 0 Å². The zero-order valence-corrected chi connectivity index (χ0v) is 11.1. The molecule has 0 saturated carbocycles. The molecule has 0 saturated heterocycles. The van der Waals surface area contributed by atoms with Gasteiger partial charge in [0.1, 0.15) is 0 Å². The Morgan fingerprint density at radius 2 is 2.44 bits per heavy atom. The van der Waals surface area contributed by atoms with Crippen LogP contribution >= 0.6 is 11.3 Å². The lowest BCUT2D eigenvalue weighted by Crippen LogP contribution is -2.23. The molecule has 18 heavy (non-hydrogen) atoms. The van der Waals surface area contributed by atoms with Gasteiger partial charge in [-0.15, -0.1) is 6.42 Å². The van der Waals surface area contributed by atoms with Crippen LogP contribution in [0.3, 0.4) is 0 Å². The molecule has 3 rings (SSSR count). The van der Waals surface area contributed by atoms with Gasteiger partial charge in [0.15, 0.2) is 5.13 Å². The second-order valence-corrected chi connectivity index (χ2v) is 5.81. The molecular formula is C14H15N3S. The molecular weight excluding hydrogens is 242 g/mol. The van der Waals surface area contributed by atoms with E-state index in [1.54, 1.807) is 11.3 Å². The number of thiazole rings is 1. The zero-order valence-electron chi connectivity index (χ0n) is 10.3. The lowest BCUT2D eigenvalue weighted by molar-refractivity contribution is 0.274. The van der Waals surface area contributed by atoms with E-state index in [9.17, 15) is 0 Å². The maximum absolute atomic E-state index is 5.76. The number of nitrogen functional groups attached to an aromatic ring is 1. The molecule has 0 fully saturated rings. The summed E-state index contributed by atoms with van der Waals surface area (Å²) in [4.78, 5) is 6.60. The number of nitrogens with two attached hydrogens (primary N) is 1. The van der Waals surface area contributed by atoms with Crippen LogP contribution in [-0.2, 0) is 6.42 Å². The van der Waals surface area contributed by atoms with Crippen molar-refractivity contribution in [1.82, 2.24) is 9.88 Å². The quantitative estimate of drug-likeness (QED) is 0.840. The van der Waals surface area contributed by atoms with Crippen molar-refractivity contribution in [3.63, 3.8) is 0 Å². The van der Waals surface area contributed by atoms with Gasteiger partial charge in [0.2, 0.25) is 0 Å². The van der Waals surface area contributed by atoms with Gasteiger partial charge in [-0.05, 0) is 43.1 Å². The smallest absolute Gasteiger partial charge is 0.181 e. The van der Waals surface area contributed by atoms with Gasteiger partial charge in [-0.1, -0.05) is 17.3 Å². The number of aryl methyl sites for hydroxylation is 1. The third-order valence-corrected chi connectivity index (χ3v) is 4.43. The second-order valence-electron chi connectivity index (χ2n) is 4.74. The summed E-state index contributed by atoms with van der Waals surface area (Å²) in [5, 5.41) is 0.641. The number of anilines is 1. The van der Waals surface area contributed by atoms with Crippen molar-refractivity contribution in [3.05, 3.63) is 23.3 Å². The van der Waals surface area contributed by atoms with Gasteiger partial charge >= 0.3 is 0 Å². The third-order valence-electron chi connectivity index (χ3n) is 3.58. The minimum absolute atomic E-state index is 0.420. The number of aromatic nitrogens is 1. The molecule has 0 amide bonds. The summed E-state index contributed by atoms with van der Waals surface area (Å²) in [7, 11) is 2.08. The van der Waals surface area contributed by atoms with Gasteiger partial charge in [-0.25, -0.2) is 4.98 Å². The van der Waals surface area contributed by atoms with Crippen LogP contribution in [0, 0.1) is 12.3 Å². The highest BCUT2D eigenvalue weighted by Gasteiger charge is 2.26. The Morgan fingerprint density at radius 3 is 3.22 bits per heavy atom. The van der Waals surface area contributed by atoms with Gasteiger partial charge in [-0.3, -0.25) is 4.90 Å². The summed E-state index contributed by atoms with van der Waals surface area (Å²) >= 11 is 1.56. The molecule has 2 aromatic rings. The van der Waals surface area contributed by atoms with E-state index in [1.165, 1.54) is 15.8 Å². The minimum Gasteiger partial charge on any atom is -0.375 e. The SMILES string of the molecule is C#CCN(C)C1CCc2cc3sc(N)nc3cc21. The molecule has 3 nitrogen and oxygen atoms in total. The molecule has 1 aromatic carbocycles. The predicted molar refractivity (Wildman–Crippen MR) is 76.6 cm³/mol. The van der Waals surface area contributed by atoms with E-state index in [0.29, 0.717) is 17.7 Å². The van der Waals surface area contributed by atoms with Crippen LogP contribution < -0.4 is 5.73 Å². The van der Waals surface area contributed by atoms with Crippen LogP contribution in [0.1, 0.15) is 23.6 Å². The lowest BCUT2D eigenvalue weighted by atomic mass is 10.1. The first-order valence-corrected chi connectivity index (χ1v) is 6.83. The summed E-state index contributed by atoms with van der Waals surface area (Å²) < 4.78 is 1.19. The number of rotatable bonds is 2. The molecule has 0 radical (unpaired) electrons. The van der Waals surface area contributed by atoms with Crippen molar-refractivity contribution in [2.24, 2.45) is 0 Å². The van der Waals surface area contributed by atoms with Crippen molar-refractivity contribution < 1.29 is 0 Å². The number of benzene rings is 1. The van der Waals surface area contributed by atoms with E-state index < -0.39 is 0 Å². The van der Waals surface area contributed by atoms with Crippen molar-refractivity contribution in [2.75, 3.05) is 19.3 Å². The summed E-state index contributed by atoms with van der Waals surface area (Å²) in [6.45, 7) is 0.682. The second kappa shape index (κ2) is 4.27. The molecule has 1 heterocycles. The van der Waals surface area contributed by atoms with Crippen LogP contribution in [0.15, 0.2) is 12.1 Å². The first-order chi connectivity index (χ1) is 8.69. The van der Waals surface area contributed by atoms with E-state index in [0.717, 1.165) is 18.4 Å². The molecule has 1 unspecified atom stereocenters. The van der Waals surface area contributed by atoms with Crippen molar-refractivity contribution in [1.29, 1.82) is 0 Å². The highest BCUT2D eigenvalue weighted by atomic mass is 32.1. The van der Waals surface area contributed by atoms with Crippen LogP contribution in [0.5, 0.6) is 0 Å². The normalized spacial score (nSPS) is 18.2. The summed E-state index contributed by atoms with van der Waals surface area (Å²) in [5.74, 6) is 2.71. The fourth-order valence-corrected chi connectivity index (χ4v) is 3.52. The first kappa shape index (κ1) is 11.5. The standard InChI is InChI=1S/C14H15N3S/c1-3-6-17(2)12-5-4-9-7-13-11(8-10(9)12)16-14(15)18-13/h1,7-8,12H,4-6H2,2H3,(H2,15,16). The Morgan fingerprint density at radius 1 is 1.61 bits per heavy atom.